The van der Waals surface area contributed by atoms with E-state index in [2.05, 4.69) is 16.9 Å². The molecule has 1 saturated carbocycles. The van der Waals surface area contributed by atoms with E-state index >= 15 is 0 Å². The zero-order valence-electron chi connectivity index (χ0n) is 9.58. The van der Waals surface area contributed by atoms with Crippen molar-refractivity contribution in [3.63, 3.8) is 0 Å². The second-order valence-corrected chi connectivity index (χ2v) is 4.61. The summed E-state index contributed by atoms with van der Waals surface area (Å²) in [6.07, 6.45) is 7.41. The Morgan fingerprint density at radius 2 is 2.20 bits per heavy atom. The molecule has 0 radical (unpaired) electrons. The fraction of sp³-hybridized carbons (Fsp3) is 0.667. The molecule has 1 aliphatic rings. The summed E-state index contributed by atoms with van der Waals surface area (Å²) >= 11 is 0. The smallest absolute Gasteiger partial charge is 0.125 e. The van der Waals surface area contributed by atoms with Crippen molar-refractivity contribution >= 4 is 0 Å². The Hall–Kier alpha value is -0.960. The fourth-order valence-electron chi connectivity index (χ4n) is 1.85. The van der Waals surface area contributed by atoms with E-state index in [1.165, 1.54) is 24.1 Å². The highest BCUT2D eigenvalue weighted by Gasteiger charge is 2.37. The van der Waals surface area contributed by atoms with Crippen LogP contribution in [0.2, 0.25) is 0 Å². The van der Waals surface area contributed by atoms with Gasteiger partial charge in [0.05, 0.1) is 0 Å². The molecule has 3 heteroatoms. The lowest BCUT2D eigenvalue weighted by atomic mass is 10.0. The lowest BCUT2D eigenvalue weighted by Crippen LogP contribution is -2.22. The molecule has 1 aliphatic carbocycles. The Labute approximate surface area is 91.1 Å². The van der Waals surface area contributed by atoms with Gasteiger partial charge >= 0.3 is 0 Å². The Kier molecular flexibility index (Phi) is 2.74. The zero-order valence-corrected chi connectivity index (χ0v) is 9.58. The van der Waals surface area contributed by atoms with Gasteiger partial charge in [-0.1, -0.05) is 6.92 Å². The van der Waals surface area contributed by atoms with Crippen LogP contribution >= 0.6 is 0 Å². The van der Waals surface area contributed by atoms with Gasteiger partial charge in [0.2, 0.25) is 0 Å². The fourth-order valence-corrected chi connectivity index (χ4v) is 1.85. The number of aromatic nitrogens is 2. The first-order chi connectivity index (χ1) is 7.13. The van der Waals surface area contributed by atoms with E-state index in [0.29, 0.717) is 0 Å². The Bertz CT molecular complexity index is 356. The van der Waals surface area contributed by atoms with Crippen LogP contribution in [0.1, 0.15) is 43.3 Å². The summed E-state index contributed by atoms with van der Waals surface area (Å²) < 4.78 is 0. The molecule has 1 aromatic heterocycles. The Morgan fingerprint density at radius 1 is 1.47 bits per heavy atom. The van der Waals surface area contributed by atoms with E-state index < -0.39 is 0 Å². The summed E-state index contributed by atoms with van der Waals surface area (Å²) in [5.74, 6) is 0.865. The van der Waals surface area contributed by atoms with E-state index in [1.807, 2.05) is 13.1 Å². The van der Waals surface area contributed by atoms with Gasteiger partial charge in [-0.05, 0) is 44.6 Å². The van der Waals surface area contributed by atoms with E-state index in [1.54, 1.807) is 0 Å². The van der Waals surface area contributed by atoms with Gasteiger partial charge in [0.15, 0.2) is 0 Å². The summed E-state index contributed by atoms with van der Waals surface area (Å²) in [6, 6.07) is 0. The van der Waals surface area contributed by atoms with Crippen molar-refractivity contribution in [1.82, 2.24) is 9.97 Å². The van der Waals surface area contributed by atoms with Gasteiger partial charge in [-0.25, -0.2) is 9.97 Å². The highest BCUT2D eigenvalue weighted by Crippen LogP contribution is 2.36. The first-order valence-electron chi connectivity index (χ1n) is 5.73. The number of nitrogens with two attached hydrogens (primary N) is 1. The largest absolute Gasteiger partial charge is 0.325 e. The topological polar surface area (TPSA) is 51.8 Å². The van der Waals surface area contributed by atoms with Crippen molar-refractivity contribution in [3.05, 3.63) is 23.3 Å². The molecule has 1 heterocycles. The van der Waals surface area contributed by atoms with Gasteiger partial charge in [-0.3, -0.25) is 0 Å². The molecule has 15 heavy (non-hydrogen) atoms. The van der Waals surface area contributed by atoms with Gasteiger partial charge in [0.1, 0.15) is 5.82 Å². The monoisotopic (exact) mass is 205 g/mol. The van der Waals surface area contributed by atoms with Crippen molar-refractivity contribution in [3.8, 4) is 0 Å². The van der Waals surface area contributed by atoms with Gasteiger partial charge in [-0.2, -0.15) is 0 Å². The Balaban J connectivity index is 2.06. The normalized spacial score (nSPS) is 17.8. The third-order valence-electron chi connectivity index (χ3n) is 3.19. The molecular weight excluding hydrogens is 186 g/mol. The molecule has 2 N–H and O–H groups in total. The van der Waals surface area contributed by atoms with Gasteiger partial charge in [0, 0.05) is 17.4 Å². The van der Waals surface area contributed by atoms with Crippen LogP contribution in [0.15, 0.2) is 6.20 Å². The van der Waals surface area contributed by atoms with Crippen LogP contribution in [0.5, 0.6) is 0 Å². The molecule has 1 fully saturated rings. The predicted molar refractivity (Wildman–Crippen MR) is 60.6 cm³/mol. The molecule has 0 bridgehead atoms. The molecule has 0 unspecified atom stereocenters. The summed E-state index contributed by atoms with van der Waals surface area (Å²) in [4.78, 5) is 8.72. The van der Waals surface area contributed by atoms with Crippen molar-refractivity contribution in [2.24, 2.45) is 5.73 Å². The van der Waals surface area contributed by atoms with Crippen LogP contribution in [0.25, 0.3) is 0 Å². The standard InChI is InChI=1S/C12H19N3/c1-3-11-10(8-14-9(2)15-11)4-5-12(13)6-7-12/h8H,3-7,13H2,1-2H3. The minimum atomic E-state index is 0.135. The Morgan fingerprint density at radius 3 is 2.80 bits per heavy atom. The minimum absolute atomic E-state index is 0.135. The third kappa shape index (κ3) is 2.53. The van der Waals surface area contributed by atoms with Crippen molar-refractivity contribution in [2.75, 3.05) is 0 Å². The van der Waals surface area contributed by atoms with Crippen molar-refractivity contribution in [2.45, 2.75) is 51.5 Å². The van der Waals surface area contributed by atoms with E-state index in [9.17, 15) is 0 Å². The minimum Gasteiger partial charge on any atom is -0.325 e. The van der Waals surface area contributed by atoms with Crippen LogP contribution in [0.4, 0.5) is 0 Å². The summed E-state index contributed by atoms with van der Waals surface area (Å²) in [5.41, 5.74) is 8.67. The molecule has 0 amide bonds. The molecule has 2 rings (SSSR count). The number of rotatable bonds is 4. The average Bonchev–Trinajstić information content (AvgIpc) is 2.95. The van der Waals surface area contributed by atoms with Crippen LogP contribution in [0.3, 0.4) is 0 Å². The number of nitrogens with zero attached hydrogens (tertiary/aromatic N) is 2. The molecule has 3 nitrogen and oxygen atoms in total. The van der Waals surface area contributed by atoms with E-state index in [-0.39, 0.29) is 5.54 Å². The van der Waals surface area contributed by atoms with Gasteiger partial charge < -0.3 is 5.73 Å². The lowest BCUT2D eigenvalue weighted by molar-refractivity contribution is 0.604. The number of aryl methyl sites for hydroxylation is 3. The lowest BCUT2D eigenvalue weighted by Gasteiger charge is -2.10. The molecule has 0 spiro atoms. The van der Waals surface area contributed by atoms with Gasteiger partial charge in [-0.15, -0.1) is 0 Å². The number of hydrogen-bond donors (Lipinski definition) is 1. The zero-order chi connectivity index (χ0) is 10.9. The summed E-state index contributed by atoms with van der Waals surface area (Å²) in [6.45, 7) is 4.08. The first kappa shape index (κ1) is 10.6. The highest BCUT2D eigenvalue weighted by atomic mass is 14.9. The first-order valence-corrected chi connectivity index (χ1v) is 5.73. The van der Waals surface area contributed by atoms with Crippen molar-refractivity contribution in [1.29, 1.82) is 0 Å². The third-order valence-corrected chi connectivity index (χ3v) is 3.19. The molecule has 82 valence electrons. The summed E-state index contributed by atoms with van der Waals surface area (Å²) in [7, 11) is 0. The average molecular weight is 205 g/mol. The maximum atomic E-state index is 6.08. The maximum Gasteiger partial charge on any atom is 0.125 e. The molecule has 1 aromatic rings. The van der Waals surface area contributed by atoms with Crippen LogP contribution in [-0.4, -0.2) is 15.5 Å². The highest BCUT2D eigenvalue weighted by molar-refractivity contribution is 5.19. The predicted octanol–water partition coefficient (Wildman–Crippen LogP) is 1.77. The maximum absolute atomic E-state index is 6.08. The summed E-state index contributed by atoms with van der Waals surface area (Å²) in [5, 5.41) is 0. The van der Waals surface area contributed by atoms with Crippen molar-refractivity contribution < 1.29 is 0 Å². The van der Waals surface area contributed by atoms with Gasteiger partial charge in [0.25, 0.3) is 0 Å². The molecular formula is C12H19N3. The molecule has 0 atom stereocenters. The molecule has 0 saturated heterocycles. The van der Waals surface area contributed by atoms with Crippen LogP contribution < -0.4 is 5.73 Å². The van der Waals surface area contributed by atoms with Crippen LogP contribution in [0, 0.1) is 6.92 Å². The van der Waals surface area contributed by atoms with E-state index in [4.69, 9.17) is 5.73 Å². The SMILES string of the molecule is CCc1nc(C)ncc1CCC1(N)CC1. The number of hydrogen-bond acceptors (Lipinski definition) is 3. The second kappa shape index (κ2) is 3.89. The molecule has 0 aromatic carbocycles. The molecule has 0 aliphatic heterocycles. The van der Waals surface area contributed by atoms with E-state index in [0.717, 1.165) is 25.1 Å². The second-order valence-electron chi connectivity index (χ2n) is 4.61. The van der Waals surface area contributed by atoms with Crippen LogP contribution in [-0.2, 0) is 12.8 Å². The quantitative estimate of drug-likeness (QED) is 0.815.